The molecule has 1 aliphatic carbocycles. The Kier molecular flexibility index (Phi) is 2.23. The van der Waals surface area contributed by atoms with Crippen LogP contribution < -0.4 is 0 Å². The summed E-state index contributed by atoms with van der Waals surface area (Å²) < 4.78 is 1.70. The Morgan fingerprint density at radius 3 is 3.21 bits per heavy atom. The van der Waals surface area contributed by atoms with Gasteiger partial charge >= 0.3 is 0 Å². The average Bonchev–Trinajstić information content (AvgIpc) is 2.98. The molecule has 0 saturated carbocycles. The molecule has 4 rings (SSSR count). The molecule has 0 N–H and O–H groups in total. The Hall–Kier alpha value is -1.82. The van der Waals surface area contributed by atoms with Gasteiger partial charge < -0.3 is 0 Å². The number of fused-ring (bicyclic) bond motifs is 5. The van der Waals surface area contributed by atoms with E-state index in [1.54, 1.807) is 29.1 Å². The summed E-state index contributed by atoms with van der Waals surface area (Å²) in [6.07, 6.45) is 5.45. The number of rotatable bonds is 2. The van der Waals surface area contributed by atoms with Crippen molar-refractivity contribution in [2.75, 3.05) is 0 Å². The van der Waals surface area contributed by atoms with Crippen molar-refractivity contribution in [3.8, 4) is 0 Å². The van der Waals surface area contributed by atoms with Crippen molar-refractivity contribution >= 4 is 33.0 Å². The zero-order valence-corrected chi connectivity index (χ0v) is 11.3. The molecule has 0 saturated heterocycles. The molecule has 6 heteroatoms. The molecule has 0 aliphatic heterocycles. The number of carbonyl (C=O) groups excluding carboxylic acids is 1. The first-order valence-electron chi connectivity index (χ1n) is 6.36. The number of hydrogen-bond donors (Lipinski definition) is 0. The van der Waals surface area contributed by atoms with Gasteiger partial charge in [0.2, 0.25) is 0 Å². The van der Waals surface area contributed by atoms with Crippen molar-refractivity contribution in [2.45, 2.75) is 32.6 Å². The highest BCUT2D eigenvalue weighted by atomic mass is 32.1. The van der Waals surface area contributed by atoms with Crippen LogP contribution in [0.15, 0.2) is 6.33 Å². The van der Waals surface area contributed by atoms with Crippen LogP contribution in [0.25, 0.3) is 15.9 Å². The first kappa shape index (κ1) is 11.0. The fourth-order valence-corrected chi connectivity index (χ4v) is 3.96. The minimum atomic E-state index is 0.0793. The summed E-state index contributed by atoms with van der Waals surface area (Å²) in [7, 11) is 0. The van der Waals surface area contributed by atoms with Gasteiger partial charge in [-0.1, -0.05) is 0 Å². The highest BCUT2D eigenvalue weighted by Gasteiger charge is 2.21. The topological polar surface area (TPSA) is 60.2 Å². The number of thiophene rings is 1. The van der Waals surface area contributed by atoms with Gasteiger partial charge in [-0.2, -0.15) is 0 Å². The van der Waals surface area contributed by atoms with E-state index in [1.807, 2.05) is 0 Å². The quantitative estimate of drug-likeness (QED) is 0.715. The molecular formula is C13H12N4OS. The molecule has 5 nitrogen and oxygen atoms in total. The van der Waals surface area contributed by atoms with E-state index in [2.05, 4.69) is 15.1 Å². The van der Waals surface area contributed by atoms with Gasteiger partial charge in [0.05, 0.1) is 11.8 Å². The van der Waals surface area contributed by atoms with E-state index in [4.69, 9.17) is 0 Å². The van der Waals surface area contributed by atoms with Crippen LogP contribution in [0.3, 0.4) is 0 Å². The molecule has 3 aromatic rings. The van der Waals surface area contributed by atoms with Crippen LogP contribution in [0, 0.1) is 0 Å². The van der Waals surface area contributed by atoms with Gasteiger partial charge in [0.25, 0.3) is 0 Å². The Balaban J connectivity index is 2.01. The summed E-state index contributed by atoms with van der Waals surface area (Å²) in [4.78, 5) is 22.7. The predicted octanol–water partition coefficient (Wildman–Crippen LogP) is 1.96. The van der Waals surface area contributed by atoms with E-state index in [9.17, 15) is 4.79 Å². The average molecular weight is 272 g/mol. The lowest BCUT2D eigenvalue weighted by molar-refractivity contribution is -0.116. The lowest BCUT2D eigenvalue weighted by Gasteiger charge is -1.95. The van der Waals surface area contributed by atoms with Crippen molar-refractivity contribution in [1.82, 2.24) is 19.6 Å². The minimum absolute atomic E-state index is 0.0793. The van der Waals surface area contributed by atoms with Gasteiger partial charge in [-0.25, -0.2) is 14.5 Å². The van der Waals surface area contributed by atoms with Crippen molar-refractivity contribution in [3.63, 3.8) is 0 Å². The molecule has 0 atom stereocenters. The number of hydrogen-bond acceptors (Lipinski definition) is 5. The van der Waals surface area contributed by atoms with Crippen LogP contribution in [0.4, 0.5) is 0 Å². The second-order valence-corrected chi connectivity index (χ2v) is 6.04. The van der Waals surface area contributed by atoms with Gasteiger partial charge in [0.15, 0.2) is 11.5 Å². The zero-order valence-electron chi connectivity index (χ0n) is 10.5. The van der Waals surface area contributed by atoms with E-state index in [0.717, 1.165) is 28.7 Å². The number of aryl methyl sites for hydroxylation is 2. The molecule has 0 radical (unpaired) electrons. The third kappa shape index (κ3) is 1.59. The summed E-state index contributed by atoms with van der Waals surface area (Å²) in [5, 5.41) is 5.48. The van der Waals surface area contributed by atoms with Gasteiger partial charge in [0.1, 0.15) is 16.9 Å². The van der Waals surface area contributed by atoms with Gasteiger partial charge in [-0.05, 0) is 31.7 Å². The third-order valence-corrected chi connectivity index (χ3v) is 4.69. The number of nitrogens with zero attached hydrogens (tertiary/aromatic N) is 4. The van der Waals surface area contributed by atoms with Gasteiger partial charge in [0, 0.05) is 4.88 Å². The highest BCUT2D eigenvalue weighted by Crippen LogP contribution is 2.37. The molecule has 0 amide bonds. The second-order valence-electron chi connectivity index (χ2n) is 4.96. The number of aromatic nitrogens is 4. The van der Waals surface area contributed by atoms with Crippen LogP contribution in [-0.4, -0.2) is 25.4 Å². The molecule has 96 valence electrons. The van der Waals surface area contributed by atoms with E-state index >= 15 is 0 Å². The zero-order chi connectivity index (χ0) is 13.0. The smallest absolute Gasteiger partial charge is 0.167 e. The Bertz CT molecular complexity index is 817. The summed E-state index contributed by atoms with van der Waals surface area (Å²) in [5.41, 5.74) is 2.24. The first-order chi connectivity index (χ1) is 9.22. The van der Waals surface area contributed by atoms with E-state index in [1.165, 1.54) is 16.9 Å². The third-order valence-electron chi connectivity index (χ3n) is 3.49. The molecule has 19 heavy (non-hydrogen) atoms. The van der Waals surface area contributed by atoms with E-state index in [-0.39, 0.29) is 12.2 Å². The standard InChI is InChI=1S/C13H12N4OS/c1-7(18)5-10-15-12-11-8-3-2-4-9(8)19-13(11)14-6-17(12)16-10/h6H,2-5H2,1H3. The Labute approximate surface area is 113 Å². The van der Waals surface area contributed by atoms with Crippen LogP contribution in [0.2, 0.25) is 0 Å². The van der Waals surface area contributed by atoms with Gasteiger partial charge in [-0.3, -0.25) is 4.79 Å². The Morgan fingerprint density at radius 2 is 2.37 bits per heavy atom. The maximum Gasteiger partial charge on any atom is 0.167 e. The number of carbonyl (C=O) groups is 1. The minimum Gasteiger partial charge on any atom is -0.300 e. The van der Waals surface area contributed by atoms with Crippen molar-refractivity contribution < 1.29 is 4.79 Å². The molecular weight excluding hydrogens is 260 g/mol. The Morgan fingerprint density at radius 1 is 1.47 bits per heavy atom. The normalized spacial score (nSPS) is 14.4. The fraction of sp³-hybridized carbons (Fsp3) is 0.385. The second kappa shape index (κ2) is 3.84. The summed E-state index contributed by atoms with van der Waals surface area (Å²) in [5.74, 6) is 0.662. The summed E-state index contributed by atoms with van der Waals surface area (Å²) in [6, 6.07) is 0. The number of ketones is 1. The lowest BCUT2D eigenvalue weighted by atomic mass is 10.2. The van der Waals surface area contributed by atoms with Crippen LogP contribution in [-0.2, 0) is 24.1 Å². The largest absolute Gasteiger partial charge is 0.300 e. The first-order valence-corrected chi connectivity index (χ1v) is 7.18. The van der Waals surface area contributed by atoms with Crippen LogP contribution in [0.5, 0.6) is 0 Å². The van der Waals surface area contributed by atoms with Gasteiger partial charge in [-0.15, -0.1) is 16.4 Å². The molecule has 3 aromatic heterocycles. The maximum atomic E-state index is 11.2. The summed E-state index contributed by atoms with van der Waals surface area (Å²) in [6.45, 7) is 1.56. The number of Topliss-reactive ketones (excluding diaryl/α,β-unsaturated/α-hetero) is 1. The van der Waals surface area contributed by atoms with Crippen molar-refractivity contribution in [1.29, 1.82) is 0 Å². The molecule has 0 unspecified atom stereocenters. The summed E-state index contributed by atoms with van der Waals surface area (Å²) >= 11 is 1.77. The molecule has 0 bridgehead atoms. The van der Waals surface area contributed by atoms with Crippen LogP contribution >= 0.6 is 11.3 Å². The predicted molar refractivity (Wildman–Crippen MR) is 72.6 cm³/mol. The van der Waals surface area contributed by atoms with Crippen LogP contribution in [0.1, 0.15) is 29.6 Å². The van der Waals surface area contributed by atoms with Crippen molar-refractivity contribution in [2.24, 2.45) is 0 Å². The molecule has 0 spiro atoms. The fourth-order valence-electron chi connectivity index (χ4n) is 2.73. The highest BCUT2D eigenvalue weighted by molar-refractivity contribution is 7.19. The monoisotopic (exact) mass is 272 g/mol. The maximum absolute atomic E-state index is 11.2. The van der Waals surface area contributed by atoms with Crippen molar-refractivity contribution in [3.05, 3.63) is 22.6 Å². The SMILES string of the molecule is CC(=O)Cc1nc2c3c4c(sc3ncn2n1)CCC4. The van der Waals surface area contributed by atoms with E-state index < -0.39 is 0 Å². The molecule has 3 heterocycles. The lowest BCUT2D eigenvalue weighted by Crippen LogP contribution is -1.98. The molecule has 0 fully saturated rings. The molecule has 1 aliphatic rings. The van der Waals surface area contributed by atoms with E-state index in [0.29, 0.717) is 5.82 Å². The molecule has 0 aromatic carbocycles.